The molecule has 0 aliphatic carbocycles. The standard InChI is InChI=1S/C12H12BrNO2S2/c1-12(2,3)9-8(11(15)16)18-10(14-9)7-4-6(13)5-17-7/h4-5H,1-3H3,(H,15,16). The highest BCUT2D eigenvalue weighted by Gasteiger charge is 2.27. The van der Waals surface area contributed by atoms with Crippen LogP contribution in [0.3, 0.4) is 0 Å². The van der Waals surface area contributed by atoms with Gasteiger partial charge in [-0.05, 0) is 22.0 Å². The van der Waals surface area contributed by atoms with Gasteiger partial charge in [-0.15, -0.1) is 22.7 Å². The smallest absolute Gasteiger partial charge is 0.347 e. The van der Waals surface area contributed by atoms with Crippen LogP contribution in [0, 0.1) is 0 Å². The minimum atomic E-state index is -0.903. The molecule has 0 atom stereocenters. The third-order valence-corrected chi connectivity index (χ3v) is 5.21. The maximum Gasteiger partial charge on any atom is 0.347 e. The largest absolute Gasteiger partial charge is 0.477 e. The summed E-state index contributed by atoms with van der Waals surface area (Å²) >= 11 is 6.19. The zero-order valence-electron chi connectivity index (χ0n) is 10.2. The Morgan fingerprint density at radius 2 is 2.11 bits per heavy atom. The Hall–Kier alpha value is -0.720. The van der Waals surface area contributed by atoms with Gasteiger partial charge in [0.25, 0.3) is 0 Å². The highest BCUT2D eigenvalue weighted by molar-refractivity contribution is 9.10. The molecule has 3 nitrogen and oxygen atoms in total. The molecule has 2 aromatic rings. The zero-order chi connectivity index (χ0) is 13.5. The second-order valence-corrected chi connectivity index (χ2v) is 7.71. The molecule has 0 aromatic carbocycles. The normalized spacial score (nSPS) is 11.8. The van der Waals surface area contributed by atoms with Crippen molar-refractivity contribution >= 4 is 44.6 Å². The van der Waals surface area contributed by atoms with Gasteiger partial charge in [0.1, 0.15) is 9.88 Å². The van der Waals surface area contributed by atoms with Crippen molar-refractivity contribution in [1.82, 2.24) is 4.98 Å². The fourth-order valence-corrected chi connectivity index (χ4v) is 4.11. The lowest BCUT2D eigenvalue weighted by Gasteiger charge is -2.15. The maximum absolute atomic E-state index is 11.3. The first-order valence-corrected chi connectivity index (χ1v) is 7.77. The molecule has 0 aliphatic heterocycles. The molecule has 0 aliphatic rings. The molecular weight excluding hydrogens is 334 g/mol. The Morgan fingerprint density at radius 3 is 2.50 bits per heavy atom. The Bertz CT molecular complexity index is 595. The van der Waals surface area contributed by atoms with Crippen LogP contribution in [-0.4, -0.2) is 16.1 Å². The minimum absolute atomic E-state index is 0.267. The number of carbonyl (C=O) groups is 1. The van der Waals surface area contributed by atoms with Crippen LogP contribution in [0.15, 0.2) is 15.9 Å². The third-order valence-electron chi connectivity index (χ3n) is 2.31. The molecular formula is C12H12BrNO2S2. The molecule has 0 amide bonds. The van der Waals surface area contributed by atoms with Crippen molar-refractivity contribution in [3.63, 3.8) is 0 Å². The second-order valence-electron chi connectivity index (χ2n) is 4.88. The van der Waals surface area contributed by atoms with Gasteiger partial charge in [-0.3, -0.25) is 0 Å². The summed E-state index contributed by atoms with van der Waals surface area (Å²) in [5.41, 5.74) is 0.385. The van der Waals surface area contributed by atoms with Gasteiger partial charge in [0.15, 0.2) is 0 Å². The number of rotatable bonds is 2. The highest BCUT2D eigenvalue weighted by atomic mass is 79.9. The molecule has 2 rings (SSSR count). The average Bonchev–Trinajstić information content (AvgIpc) is 2.81. The van der Waals surface area contributed by atoms with Gasteiger partial charge in [0.05, 0.1) is 10.6 Å². The summed E-state index contributed by atoms with van der Waals surface area (Å²) in [6.07, 6.45) is 0. The molecule has 2 heterocycles. The molecule has 0 saturated carbocycles. The van der Waals surface area contributed by atoms with Crippen molar-refractivity contribution in [2.24, 2.45) is 0 Å². The first-order chi connectivity index (χ1) is 8.29. The van der Waals surface area contributed by atoms with Gasteiger partial charge in [-0.1, -0.05) is 20.8 Å². The van der Waals surface area contributed by atoms with Crippen LogP contribution in [0.2, 0.25) is 0 Å². The Morgan fingerprint density at radius 1 is 1.44 bits per heavy atom. The highest BCUT2D eigenvalue weighted by Crippen LogP contribution is 2.37. The topological polar surface area (TPSA) is 50.2 Å². The van der Waals surface area contributed by atoms with Crippen LogP contribution in [0.5, 0.6) is 0 Å². The lowest BCUT2D eigenvalue weighted by molar-refractivity contribution is 0.0699. The number of hydrogen-bond acceptors (Lipinski definition) is 4. The number of thiazole rings is 1. The quantitative estimate of drug-likeness (QED) is 0.863. The van der Waals surface area contributed by atoms with Crippen molar-refractivity contribution in [2.75, 3.05) is 0 Å². The predicted molar refractivity (Wildman–Crippen MR) is 78.8 cm³/mol. The zero-order valence-corrected chi connectivity index (χ0v) is 13.4. The van der Waals surface area contributed by atoms with Crippen LogP contribution in [0.1, 0.15) is 36.1 Å². The number of aromatic carboxylic acids is 1. The Kier molecular flexibility index (Phi) is 3.62. The monoisotopic (exact) mass is 345 g/mol. The van der Waals surface area contributed by atoms with Crippen molar-refractivity contribution < 1.29 is 9.90 Å². The lowest BCUT2D eigenvalue weighted by atomic mass is 9.91. The molecule has 0 spiro atoms. The lowest BCUT2D eigenvalue weighted by Crippen LogP contribution is -2.16. The summed E-state index contributed by atoms with van der Waals surface area (Å²) in [4.78, 5) is 17.1. The molecule has 18 heavy (non-hydrogen) atoms. The SMILES string of the molecule is CC(C)(C)c1nc(-c2cc(Br)cs2)sc1C(=O)O. The summed E-state index contributed by atoms with van der Waals surface area (Å²) in [5, 5.41) is 12.0. The first kappa shape index (κ1) is 13.7. The van der Waals surface area contributed by atoms with E-state index in [9.17, 15) is 9.90 Å². The van der Waals surface area contributed by atoms with Crippen LogP contribution >= 0.6 is 38.6 Å². The van der Waals surface area contributed by atoms with Gasteiger partial charge in [0.2, 0.25) is 0 Å². The molecule has 0 bridgehead atoms. The second kappa shape index (κ2) is 4.75. The number of aromatic nitrogens is 1. The van der Waals surface area contributed by atoms with Gasteiger partial charge in [0, 0.05) is 15.3 Å². The van der Waals surface area contributed by atoms with Crippen LogP contribution in [0.4, 0.5) is 0 Å². The number of hydrogen-bond donors (Lipinski definition) is 1. The Labute approximate surface area is 122 Å². The van der Waals surface area contributed by atoms with E-state index in [1.54, 1.807) is 11.3 Å². The van der Waals surface area contributed by atoms with Crippen molar-refractivity contribution in [2.45, 2.75) is 26.2 Å². The van der Waals surface area contributed by atoms with Crippen LogP contribution < -0.4 is 0 Å². The van der Waals surface area contributed by atoms with E-state index in [1.807, 2.05) is 32.2 Å². The number of thiophene rings is 1. The number of halogens is 1. The first-order valence-electron chi connectivity index (χ1n) is 5.28. The molecule has 96 valence electrons. The van der Waals surface area contributed by atoms with Gasteiger partial charge >= 0.3 is 5.97 Å². The van der Waals surface area contributed by atoms with Crippen molar-refractivity contribution in [3.8, 4) is 9.88 Å². The minimum Gasteiger partial charge on any atom is -0.477 e. The van der Waals surface area contributed by atoms with E-state index in [0.717, 1.165) is 14.4 Å². The third kappa shape index (κ3) is 2.65. The van der Waals surface area contributed by atoms with Crippen molar-refractivity contribution in [1.29, 1.82) is 0 Å². The summed E-state index contributed by atoms with van der Waals surface area (Å²) in [5.74, 6) is -0.903. The van der Waals surface area contributed by atoms with E-state index >= 15 is 0 Å². The summed E-state index contributed by atoms with van der Waals surface area (Å²) < 4.78 is 0.992. The predicted octanol–water partition coefficient (Wildman–Crippen LogP) is 4.63. The molecule has 0 fully saturated rings. The van der Waals surface area contributed by atoms with Gasteiger partial charge in [-0.25, -0.2) is 9.78 Å². The van der Waals surface area contributed by atoms with Gasteiger partial charge in [-0.2, -0.15) is 0 Å². The van der Waals surface area contributed by atoms with E-state index < -0.39 is 5.97 Å². The van der Waals surface area contributed by atoms with Crippen LogP contribution in [-0.2, 0) is 5.41 Å². The molecule has 2 aromatic heterocycles. The van der Waals surface area contributed by atoms with Crippen LogP contribution in [0.25, 0.3) is 9.88 Å². The number of nitrogens with zero attached hydrogens (tertiary/aromatic N) is 1. The van der Waals surface area contributed by atoms with E-state index in [0.29, 0.717) is 10.6 Å². The molecule has 6 heteroatoms. The van der Waals surface area contributed by atoms with E-state index in [4.69, 9.17) is 0 Å². The summed E-state index contributed by atoms with van der Waals surface area (Å²) in [6, 6.07) is 1.96. The molecule has 0 saturated heterocycles. The molecule has 0 unspecified atom stereocenters. The molecule has 1 N–H and O–H groups in total. The van der Waals surface area contributed by atoms with E-state index in [1.165, 1.54) is 11.3 Å². The fourth-order valence-electron chi connectivity index (χ4n) is 1.50. The van der Waals surface area contributed by atoms with E-state index in [-0.39, 0.29) is 5.41 Å². The summed E-state index contributed by atoms with van der Waals surface area (Å²) in [7, 11) is 0. The Balaban J connectivity index is 2.56. The van der Waals surface area contributed by atoms with E-state index in [2.05, 4.69) is 20.9 Å². The van der Waals surface area contributed by atoms with Crippen molar-refractivity contribution in [3.05, 3.63) is 26.5 Å². The number of carboxylic acid groups (broad SMARTS) is 1. The van der Waals surface area contributed by atoms with Gasteiger partial charge < -0.3 is 5.11 Å². The molecule has 0 radical (unpaired) electrons. The number of carboxylic acids is 1. The summed E-state index contributed by atoms with van der Waals surface area (Å²) in [6.45, 7) is 5.92. The maximum atomic E-state index is 11.3. The average molecular weight is 346 g/mol. The fraction of sp³-hybridized carbons (Fsp3) is 0.333.